The largest absolute Gasteiger partial charge is 0.384 e. The summed E-state index contributed by atoms with van der Waals surface area (Å²) in [5.74, 6) is 0.157. The van der Waals surface area contributed by atoms with Crippen molar-refractivity contribution in [3.63, 3.8) is 0 Å². The molecule has 3 N–H and O–H groups in total. The summed E-state index contributed by atoms with van der Waals surface area (Å²) in [7, 11) is 2.12. The summed E-state index contributed by atoms with van der Waals surface area (Å²) in [6.45, 7) is 2.08. The van der Waals surface area contributed by atoms with Crippen LogP contribution in [0.3, 0.4) is 0 Å². The van der Waals surface area contributed by atoms with E-state index in [0.29, 0.717) is 6.04 Å². The van der Waals surface area contributed by atoms with Crippen molar-refractivity contribution in [2.75, 3.05) is 11.9 Å². The van der Waals surface area contributed by atoms with E-state index in [1.54, 1.807) is 0 Å². The molecule has 0 spiro atoms. The van der Waals surface area contributed by atoms with Gasteiger partial charge in [-0.25, -0.2) is 0 Å². The standard InChI is InChI=1S/C14H21N3/c1-10-7-8-12(14(15)16)13(9-10)17(2)11-5-3-4-6-11/h7-9,11H,3-6H2,1-2H3,(H3,15,16). The molecule has 92 valence electrons. The van der Waals surface area contributed by atoms with Crippen LogP contribution in [0, 0.1) is 12.3 Å². The normalized spacial score (nSPS) is 16.1. The van der Waals surface area contributed by atoms with Gasteiger partial charge in [-0.3, -0.25) is 5.41 Å². The molecule has 0 heterocycles. The monoisotopic (exact) mass is 231 g/mol. The lowest BCUT2D eigenvalue weighted by molar-refractivity contribution is 0.653. The highest BCUT2D eigenvalue weighted by molar-refractivity contribution is 6.00. The van der Waals surface area contributed by atoms with Crippen molar-refractivity contribution in [2.45, 2.75) is 38.6 Å². The van der Waals surface area contributed by atoms with E-state index in [1.165, 1.54) is 31.2 Å². The number of nitrogen functional groups attached to an aromatic ring is 1. The molecule has 3 nitrogen and oxygen atoms in total. The molecule has 1 fully saturated rings. The van der Waals surface area contributed by atoms with Gasteiger partial charge in [-0.05, 0) is 37.5 Å². The van der Waals surface area contributed by atoms with Gasteiger partial charge in [0.25, 0.3) is 0 Å². The van der Waals surface area contributed by atoms with Crippen LogP contribution in [0.2, 0.25) is 0 Å². The first-order valence-electron chi connectivity index (χ1n) is 6.27. The smallest absolute Gasteiger partial charge is 0.124 e. The third kappa shape index (κ3) is 2.43. The molecule has 0 amide bonds. The summed E-state index contributed by atoms with van der Waals surface area (Å²) < 4.78 is 0. The van der Waals surface area contributed by atoms with Crippen LogP contribution in [-0.2, 0) is 0 Å². The Labute approximate surface area is 103 Å². The van der Waals surface area contributed by atoms with Crippen molar-refractivity contribution < 1.29 is 0 Å². The molecular formula is C14H21N3. The third-order valence-corrected chi connectivity index (χ3v) is 3.70. The predicted octanol–water partition coefficient (Wildman–Crippen LogP) is 2.66. The molecule has 0 unspecified atom stereocenters. The topological polar surface area (TPSA) is 53.1 Å². The number of nitrogens with two attached hydrogens (primary N) is 1. The molecule has 1 aliphatic carbocycles. The van der Waals surface area contributed by atoms with Crippen molar-refractivity contribution in [3.05, 3.63) is 29.3 Å². The lowest BCUT2D eigenvalue weighted by Crippen LogP contribution is -2.31. The Morgan fingerprint density at radius 1 is 1.35 bits per heavy atom. The van der Waals surface area contributed by atoms with E-state index in [-0.39, 0.29) is 5.84 Å². The number of anilines is 1. The highest BCUT2D eigenvalue weighted by atomic mass is 15.1. The number of amidine groups is 1. The van der Waals surface area contributed by atoms with Crippen molar-refractivity contribution in [1.82, 2.24) is 0 Å². The Hall–Kier alpha value is -1.51. The van der Waals surface area contributed by atoms with Crippen molar-refractivity contribution in [1.29, 1.82) is 5.41 Å². The minimum absolute atomic E-state index is 0.157. The van der Waals surface area contributed by atoms with Gasteiger partial charge in [-0.2, -0.15) is 0 Å². The van der Waals surface area contributed by atoms with Gasteiger partial charge in [0.1, 0.15) is 5.84 Å². The fourth-order valence-corrected chi connectivity index (χ4v) is 2.65. The molecule has 1 saturated carbocycles. The fourth-order valence-electron chi connectivity index (χ4n) is 2.65. The maximum Gasteiger partial charge on any atom is 0.124 e. The van der Waals surface area contributed by atoms with Crippen LogP contribution in [-0.4, -0.2) is 18.9 Å². The number of hydrogen-bond acceptors (Lipinski definition) is 2. The van der Waals surface area contributed by atoms with Crippen LogP contribution < -0.4 is 10.6 Å². The lowest BCUT2D eigenvalue weighted by Gasteiger charge is -2.28. The van der Waals surface area contributed by atoms with E-state index in [4.69, 9.17) is 11.1 Å². The maximum atomic E-state index is 7.66. The van der Waals surface area contributed by atoms with Crippen molar-refractivity contribution in [2.24, 2.45) is 5.73 Å². The van der Waals surface area contributed by atoms with Gasteiger partial charge in [0, 0.05) is 24.3 Å². The number of rotatable bonds is 3. The molecule has 0 saturated heterocycles. The number of nitrogens with zero attached hydrogens (tertiary/aromatic N) is 1. The van der Waals surface area contributed by atoms with E-state index < -0.39 is 0 Å². The summed E-state index contributed by atoms with van der Waals surface area (Å²) in [5.41, 5.74) is 8.83. The molecule has 1 aromatic rings. The first-order valence-corrected chi connectivity index (χ1v) is 6.27. The molecule has 0 atom stereocenters. The Bertz CT molecular complexity index is 419. The van der Waals surface area contributed by atoms with Gasteiger partial charge < -0.3 is 10.6 Å². The predicted molar refractivity (Wildman–Crippen MR) is 72.9 cm³/mol. The molecule has 2 rings (SSSR count). The van der Waals surface area contributed by atoms with Crippen LogP contribution in [0.1, 0.15) is 36.8 Å². The third-order valence-electron chi connectivity index (χ3n) is 3.70. The van der Waals surface area contributed by atoms with Crippen molar-refractivity contribution >= 4 is 11.5 Å². The zero-order valence-electron chi connectivity index (χ0n) is 10.7. The van der Waals surface area contributed by atoms with Crippen LogP contribution in [0.15, 0.2) is 18.2 Å². The van der Waals surface area contributed by atoms with Gasteiger partial charge >= 0.3 is 0 Å². The van der Waals surface area contributed by atoms with E-state index in [9.17, 15) is 0 Å². The number of benzene rings is 1. The minimum Gasteiger partial charge on any atom is -0.384 e. The van der Waals surface area contributed by atoms with E-state index in [1.807, 2.05) is 12.1 Å². The first-order chi connectivity index (χ1) is 8.09. The first kappa shape index (κ1) is 12.0. The average molecular weight is 231 g/mol. The second-order valence-electron chi connectivity index (χ2n) is 4.98. The molecule has 0 aliphatic heterocycles. The minimum atomic E-state index is 0.157. The van der Waals surface area contributed by atoms with E-state index >= 15 is 0 Å². The van der Waals surface area contributed by atoms with Gasteiger partial charge in [0.05, 0.1) is 0 Å². The highest BCUT2D eigenvalue weighted by Gasteiger charge is 2.22. The van der Waals surface area contributed by atoms with Crippen LogP contribution in [0.4, 0.5) is 5.69 Å². The van der Waals surface area contributed by atoms with Gasteiger partial charge in [-0.15, -0.1) is 0 Å². The summed E-state index contributed by atoms with van der Waals surface area (Å²) in [6, 6.07) is 6.71. The lowest BCUT2D eigenvalue weighted by atomic mass is 10.1. The Kier molecular flexibility index (Phi) is 3.36. The average Bonchev–Trinajstić information content (AvgIpc) is 2.80. The second-order valence-corrected chi connectivity index (χ2v) is 4.98. The molecule has 0 radical (unpaired) electrons. The van der Waals surface area contributed by atoms with Gasteiger partial charge in [0.2, 0.25) is 0 Å². The highest BCUT2D eigenvalue weighted by Crippen LogP contribution is 2.29. The maximum absolute atomic E-state index is 7.66. The molecule has 0 bridgehead atoms. The fraction of sp³-hybridized carbons (Fsp3) is 0.500. The second kappa shape index (κ2) is 4.78. The zero-order valence-corrected chi connectivity index (χ0v) is 10.7. The Morgan fingerprint density at radius 3 is 2.59 bits per heavy atom. The van der Waals surface area contributed by atoms with E-state index in [2.05, 4.69) is 24.9 Å². The number of hydrogen-bond donors (Lipinski definition) is 2. The zero-order chi connectivity index (χ0) is 12.4. The Morgan fingerprint density at radius 2 is 2.00 bits per heavy atom. The van der Waals surface area contributed by atoms with Crippen molar-refractivity contribution in [3.8, 4) is 0 Å². The van der Waals surface area contributed by atoms with Crippen LogP contribution in [0.25, 0.3) is 0 Å². The number of aryl methyl sites for hydroxylation is 1. The summed E-state index contributed by atoms with van der Waals surface area (Å²) in [4.78, 5) is 2.30. The van der Waals surface area contributed by atoms with Crippen LogP contribution in [0.5, 0.6) is 0 Å². The summed E-state index contributed by atoms with van der Waals surface area (Å²) in [6.07, 6.45) is 5.13. The summed E-state index contributed by atoms with van der Waals surface area (Å²) in [5, 5.41) is 7.66. The van der Waals surface area contributed by atoms with Crippen LogP contribution >= 0.6 is 0 Å². The van der Waals surface area contributed by atoms with Gasteiger partial charge in [0.15, 0.2) is 0 Å². The molecule has 0 aromatic heterocycles. The number of nitrogens with one attached hydrogen (secondary N) is 1. The summed E-state index contributed by atoms with van der Waals surface area (Å²) >= 11 is 0. The molecule has 1 aliphatic rings. The molecular weight excluding hydrogens is 210 g/mol. The SMILES string of the molecule is Cc1ccc(C(=N)N)c(N(C)C2CCCC2)c1. The van der Waals surface area contributed by atoms with E-state index in [0.717, 1.165) is 11.3 Å². The molecule has 3 heteroatoms. The quantitative estimate of drug-likeness (QED) is 0.620. The Balaban J connectivity index is 2.34. The molecule has 1 aromatic carbocycles. The molecule has 17 heavy (non-hydrogen) atoms. The van der Waals surface area contributed by atoms with Gasteiger partial charge in [-0.1, -0.05) is 18.9 Å².